The summed E-state index contributed by atoms with van der Waals surface area (Å²) in [6, 6.07) is 28.2. The van der Waals surface area contributed by atoms with Crippen molar-refractivity contribution >= 4 is 74.3 Å². The summed E-state index contributed by atoms with van der Waals surface area (Å²) in [7, 11) is 4.70. The van der Waals surface area contributed by atoms with E-state index in [2.05, 4.69) is 70.4 Å². The summed E-state index contributed by atoms with van der Waals surface area (Å²) in [6.45, 7) is 4.69. The van der Waals surface area contributed by atoms with Crippen molar-refractivity contribution < 1.29 is 66.7 Å². The Kier molecular flexibility index (Phi) is 45.8. The largest absolute Gasteiger partial charge is 2.00 e. The molecule has 3 saturated carbocycles. The van der Waals surface area contributed by atoms with Crippen LogP contribution >= 0.6 is 0 Å². The van der Waals surface area contributed by atoms with Crippen LogP contribution in [0.4, 0.5) is 0 Å². The van der Waals surface area contributed by atoms with Gasteiger partial charge in [-0.2, -0.15) is 12.8 Å². The summed E-state index contributed by atoms with van der Waals surface area (Å²) in [4.78, 5) is 71.4. The average Bonchev–Trinajstić information content (AvgIpc) is 1.30. The molecule has 3 aliphatic rings. The summed E-state index contributed by atoms with van der Waals surface area (Å²) in [6.07, 6.45) is 40.6. The zero-order chi connectivity index (χ0) is 64.9. The van der Waals surface area contributed by atoms with E-state index in [1.807, 2.05) is 66.3 Å². The minimum atomic E-state index is -0.946. The number of Topliss-reactive ketones (excluding diaryl/α,β-unsaturated/α-hetero) is 1. The summed E-state index contributed by atoms with van der Waals surface area (Å²) in [5.41, 5.74) is 8.21. The molecule has 95 heavy (non-hydrogen) atoms. The smallest absolute Gasteiger partial charge is 1.00 e. The molecule has 0 unspecified atom stereocenters. The molecule has 10 aromatic heterocycles. The number of carbonyl (C=O) groups is 4. The number of ether oxygens (including phenoxy) is 2. The number of halogens is 1. The fraction of sp³-hybridized carbons (Fsp3) is 0.420. The number of hydrazine groups is 1. The number of imidazole rings is 5. The second kappa shape index (κ2) is 49.8. The normalized spacial score (nSPS) is 12.9. The number of carbonyl (C=O) groups excluding carboxylic acids is 3. The van der Waals surface area contributed by atoms with Crippen molar-refractivity contribution in [3.8, 4) is 0 Å². The van der Waals surface area contributed by atoms with Crippen LogP contribution in [-0.4, -0.2) is 167 Å². The van der Waals surface area contributed by atoms with Gasteiger partial charge in [-0.15, -0.1) is 0 Å². The molecule has 0 aliphatic heterocycles. The molecule has 10 heterocycles. The van der Waals surface area contributed by atoms with Crippen LogP contribution in [0.25, 0.3) is 27.6 Å². The standard InChI is InChI=1S/C14H16N2O.C14H18N2.C10H11N3O2.C10H10N2O2.C8H6N2O2.C6H11.C3H8O.C2H6O2.2CH4.ClH.Mg.H4N2.H2O/c17-14(11-5-2-1-3-6-11)13-8-4-7-12-9-15-10-16(12)13;1-2-5-12(6-3-1)9-13-7-4-8-14-10-15-11-16(13)14;1-12(15-2)10(14)9-5-3-4-8-6-11-7-13(8)9;1-2-14-10(13)9-5-3-4-8-6-11-7-12(8)9;11-8(12)7-3-1-2-6-4-9-5-10(6)7;1-2-4-6-5-3-1;1-3-4-2;3-1-2-4;;;;;1-2;/h4,7-11H,1-3,5-6H2;4,7-8,10-12H,1-3,5-6,9H2;3-7H,1-2H3;3-7H,2H2,1H3;1-5H,(H,11,12);1H,2-6H2;3H2,1-2H3;3-4H,1-2H2;2*1H4;1H;;1-2H2;1H2/q;;;;;-1;;;;;;+2;;/p-1. The molecule has 13 rings (SSSR count). The number of carboxylic acids is 1. The minimum absolute atomic E-state index is 0. The van der Waals surface area contributed by atoms with E-state index >= 15 is 0 Å². The Morgan fingerprint density at radius 3 is 1.32 bits per heavy atom. The number of fused-ring (bicyclic) bond motifs is 5. The van der Waals surface area contributed by atoms with E-state index in [9.17, 15) is 19.2 Å². The van der Waals surface area contributed by atoms with Gasteiger partial charge < -0.3 is 53.5 Å². The first-order chi connectivity index (χ1) is 44.0. The molecule has 516 valence electrons. The van der Waals surface area contributed by atoms with Crippen LogP contribution in [-0.2, 0) is 20.7 Å². The molecule has 0 spiro atoms. The second-order valence-electron chi connectivity index (χ2n) is 21.0. The van der Waals surface area contributed by atoms with Gasteiger partial charge in [0.2, 0.25) is 0 Å². The van der Waals surface area contributed by atoms with E-state index < -0.39 is 5.97 Å². The summed E-state index contributed by atoms with van der Waals surface area (Å²) in [5, 5.41) is 25.2. The molecule has 24 nitrogen and oxygen atoms in total. The Bertz CT molecular complexity index is 3650. The van der Waals surface area contributed by atoms with Crippen LogP contribution in [0.3, 0.4) is 0 Å². The maximum atomic E-state index is 12.5. The van der Waals surface area contributed by atoms with Gasteiger partial charge in [0, 0.05) is 32.4 Å². The number of aliphatic hydroxyl groups excluding tert-OH is 2. The van der Waals surface area contributed by atoms with E-state index in [-0.39, 0.29) is 98.3 Å². The molecular formula is C69H100ClMgN13O11. The number of pyridine rings is 5. The van der Waals surface area contributed by atoms with E-state index in [1.54, 1.807) is 97.9 Å². The molecular weight excluding hydrogens is 1250 g/mol. The van der Waals surface area contributed by atoms with Crippen molar-refractivity contribution in [1.82, 2.24) is 52.0 Å². The summed E-state index contributed by atoms with van der Waals surface area (Å²) >= 11 is 0. The molecule has 10 aromatic rings. The number of carboxylic acid groups (broad SMARTS) is 1. The topological polar surface area (TPSA) is 330 Å². The van der Waals surface area contributed by atoms with Gasteiger partial charge >= 0.3 is 35.0 Å². The maximum Gasteiger partial charge on any atom is 2.00 e. The van der Waals surface area contributed by atoms with Gasteiger partial charge in [0.25, 0.3) is 5.91 Å². The third kappa shape index (κ3) is 27.5. The first-order valence-corrected chi connectivity index (χ1v) is 30.6. The van der Waals surface area contributed by atoms with Gasteiger partial charge in [0.15, 0.2) is 5.78 Å². The number of esters is 1. The third-order valence-electron chi connectivity index (χ3n) is 15.0. The summed E-state index contributed by atoms with van der Waals surface area (Å²) < 4.78 is 18.5. The quantitative estimate of drug-likeness (QED) is 0.0206. The fourth-order valence-electron chi connectivity index (χ4n) is 10.3. The molecule has 0 radical (unpaired) electrons. The number of aromatic carboxylic acids is 1. The van der Waals surface area contributed by atoms with Crippen LogP contribution < -0.4 is 24.1 Å². The molecule has 9 N–H and O–H groups in total. The summed E-state index contributed by atoms with van der Waals surface area (Å²) in [5.74, 6) is 7.92. The molecule has 0 bridgehead atoms. The molecule has 3 fully saturated rings. The van der Waals surface area contributed by atoms with Gasteiger partial charge in [-0.25, -0.2) is 39.6 Å². The zero-order valence-electron chi connectivity index (χ0n) is 54.2. The van der Waals surface area contributed by atoms with Crippen molar-refractivity contribution in [2.24, 2.45) is 23.5 Å². The number of nitrogens with zero attached hydrogens (tertiary/aromatic N) is 11. The van der Waals surface area contributed by atoms with Crippen LogP contribution in [0.1, 0.15) is 173 Å². The first-order valence-electron chi connectivity index (χ1n) is 30.6. The predicted molar refractivity (Wildman–Crippen MR) is 369 cm³/mol. The van der Waals surface area contributed by atoms with Crippen LogP contribution in [0.2, 0.25) is 0 Å². The van der Waals surface area contributed by atoms with Crippen LogP contribution in [0.5, 0.6) is 0 Å². The Hall–Kier alpha value is -7.69. The molecule has 0 aromatic carbocycles. The van der Waals surface area contributed by atoms with E-state index in [0.29, 0.717) is 18.0 Å². The first kappa shape index (κ1) is 87.3. The average molecular weight is 1350 g/mol. The van der Waals surface area contributed by atoms with Gasteiger partial charge in [-0.3, -0.25) is 43.7 Å². The fourth-order valence-corrected chi connectivity index (χ4v) is 10.3. The van der Waals surface area contributed by atoms with E-state index in [4.69, 9.17) is 24.9 Å². The monoisotopic (exact) mass is 1350 g/mol. The molecule has 3 aliphatic carbocycles. The number of nitrogens with two attached hydrogens (primary N) is 2. The number of aliphatic hydroxyl groups is 2. The van der Waals surface area contributed by atoms with Crippen molar-refractivity contribution in [2.75, 3.05) is 47.7 Å². The SMILES string of the molecule is C.C.CCOC.CCOC(=O)c1cccc2cncn12.CON(C)C(=O)c1cccc2cncn12.NN.O.O=C(O)c1cccc2cncn12.O=C(c1cccc2cncn12)C1CCCCC1.OCCO.[CH-]1CCCCC1.[Cl-].[Mg+2].c1cc(CC2CCCCC2)n2cncc2c1. The van der Waals surface area contributed by atoms with Crippen molar-refractivity contribution in [3.63, 3.8) is 0 Å². The number of aromatic nitrogens is 10. The van der Waals surface area contributed by atoms with Crippen molar-refractivity contribution in [3.05, 3.63) is 189 Å². The number of amides is 1. The van der Waals surface area contributed by atoms with E-state index in [1.165, 1.54) is 130 Å². The van der Waals surface area contributed by atoms with Crippen molar-refractivity contribution in [1.29, 1.82) is 0 Å². The third-order valence-corrected chi connectivity index (χ3v) is 15.0. The van der Waals surface area contributed by atoms with Gasteiger partial charge in [0.05, 0.1) is 123 Å². The molecule has 26 heteroatoms. The number of hydroxylamine groups is 2. The molecule has 0 saturated heterocycles. The van der Waals surface area contributed by atoms with Crippen LogP contribution in [0, 0.1) is 18.3 Å². The Labute approximate surface area is 580 Å². The number of ketones is 1. The van der Waals surface area contributed by atoms with Gasteiger partial charge in [0.1, 0.15) is 17.1 Å². The maximum absolute atomic E-state index is 12.5. The Morgan fingerprint density at radius 1 is 0.547 bits per heavy atom. The minimum Gasteiger partial charge on any atom is -1.00 e. The number of methoxy groups -OCH3 is 1. The van der Waals surface area contributed by atoms with Gasteiger partial charge in [-0.05, 0) is 99.7 Å². The second-order valence-corrected chi connectivity index (χ2v) is 21.0. The zero-order valence-corrected chi connectivity index (χ0v) is 56.3. The van der Waals surface area contributed by atoms with E-state index in [0.717, 1.165) is 53.1 Å². The van der Waals surface area contributed by atoms with Crippen LogP contribution in [0.15, 0.2) is 154 Å². The number of hydrogen-bond acceptors (Lipinski definition) is 16. The molecule has 0 atom stereocenters. The Morgan fingerprint density at radius 2 is 0.916 bits per heavy atom. The number of rotatable bonds is 11. The molecule has 1 amide bonds. The van der Waals surface area contributed by atoms with Crippen molar-refractivity contribution in [2.45, 2.75) is 131 Å². The predicted octanol–water partition coefficient (Wildman–Crippen LogP) is 7.73. The number of hydrogen-bond donors (Lipinski definition) is 5. The Balaban J connectivity index is 0.00000109. The van der Waals surface area contributed by atoms with Gasteiger partial charge in [-0.1, -0.05) is 116 Å².